The van der Waals surface area contributed by atoms with Crippen LogP contribution < -0.4 is 10.6 Å². The number of benzene rings is 1. The number of aliphatic imine (C=N–C) groups is 1. The van der Waals surface area contributed by atoms with E-state index in [0.717, 1.165) is 18.3 Å². The lowest BCUT2D eigenvalue weighted by Crippen LogP contribution is -2.44. The minimum Gasteiger partial charge on any atom is -0.444 e. The summed E-state index contributed by atoms with van der Waals surface area (Å²) in [6, 6.07) is 4.87. The number of nitrogens with zero attached hydrogens (tertiary/aromatic N) is 5. The topological polar surface area (TPSA) is 115 Å². The summed E-state index contributed by atoms with van der Waals surface area (Å²) in [5, 5.41) is 8.55. The highest BCUT2D eigenvalue weighted by atomic mass is 35.5. The molecule has 0 fully saturated rings. The van der Waals surface area contributed by atoms with Crippen molar-refractivity contribution >= 4 is 46.7 Å². The van der Waals surface area contributed by atoms with Gasteiger partial charge in [-0.25, -0.2) is 18.9 Å². The standard InChI is InChI=1S/C23H22Cl2F3N7O3/c1-22(2,3)38-21(37)31-17-18-30-15(24)16(25)34(18)10-23(4,32-17)12-9-11(5-6-13(12)26)29-19(36)14-7-8-35(33-14)20(27)28/h5-9,20H,10H2,1-4H3,(H,29,36)(H,31,32,37). The summed E-state index contributed by atoms with van der Waals surface area (Å²) in [4.78, 5) is 33.8. The summed E-state index contributed by atoms with van der Waals surface area (Å²) in [7, 11) is 0. The van der Waals surface area contributed by atoms with Gasteiger partial charge in [-0.3, -0.25) is 15.1 Å². The molecule has 2 N–H and O–H groups in total. The maximum absolute atomic E-state index is 15.2. The SMILES string of the molecule is CC(C)(C)OC(=O)NC1=NC(C)(c2cc(NC(=O)c3ccn(C(F)F)n3)ccc2F)Cn2c1nc(Cl)c2Cl. The first-order chi connectivity index (χ1) is 17.7. The van der Waals surface area contributed by atoms with E-state index < -0.39 is 35.5 Å². The number of aromatic nitrogens is 4. The number of anilines is 1. The second-order valence-corrected chi connectivity index (χ2v) is 10.3. The third kappa shape index (κ3) is 5.63. The zero-order valence-electron chi connectivity index (χ0n) is 20.5. The van der Waals surface area contributed by atoms with Crippen LogP contribution in [0.3, 0.4) is 0 Å². The lowest BCUT2D eigenvalue weighted by molar-refractivity contribution is 0.0553. The molecule has 0 saturated carbocycles. The first kappa shape index (κ1) is 27.5. The van der Waals surface area contributed by atoms with Crippen LogP contribution in [0.5, 0.6) is 0 Å². The molecule has 1 aliphatic heterocycles. The van der Waals surface area contributed by atoms with Crippen molar-refractivity contribution in [2.24, 2.45) is 4.99 Å². The Morgan fingerprint density at radius 2 is 1.89 bits per heavy atom. The first-order valence-electron chi connectivity index (χ1n) is 11.1. The van der Waals surface area contributed by atoms with Gasteiger partial charge in [0.2, 0.25) is 0 Å². The Balaban J connectivity index is 1.69. The van der Waals surface area contributed by atoms with Gasteiger partial charge >= 0.3 is 12.6 Å². The van der Waals surface area contributed by atoms with Gasteiger partial charge < -0.3 is 14.6 Å². The number of alkyl halides is 2. The molecule has 3 heterocycles. The summed E-state index contributed by atoms with van der Waals surface area (Å²) in [6.07, 6.45) is 0.136. The molecule has 2 amide bonds. The summed E-state index contributed by atoms with van der Waals surface area (Å²) in [6.45, 7) is 3.71. The van der Waals surface area contributed by atoms with Crippen molar-refractivity contribution in [2.75, 3.05) is 5.32 Å². The van der Waals surface area contributed by atoms with Gasteiger partial charge in [0.25, 0.3) is 5.91 Å². The largest absolute Gasteiger partial charge is 0.444 e. The molecule has 0 spiro atoms. The zero-order valence-corrected chi connectivity index (χ0v) is 22.0. The molecule has 1 aromatic carbocycles. The van der Waals surface area contributed by atoms with Crippen LogP contribution in [0.2, 0.25) is 10.3 Å². The van der Waals surface area contributed by atoms with E-state index in [0.29, 0.717) is 4.68 Å². The van der Waals surface area contributed by atoms with Gasteiger partial charge in [-0.15, -0.1) is 0 Å². The average Bonchev–Trinajstić information content (AvgIpc) is 3.40. The Bertz CT molecular complexity index is 1450. The maximum Gasteiger partial charge on any atom is 0.413 e. The van der Waals surface area contributed by atoms with E-state index in [9.17, 15) is 18.4 Å². The number of hydrogen-bond acceptors (Lipinski definition) is 6. The van der Waals surface area contributed by atoms with E-state index in [-0.39, 0.29) is 45.5 Å². The van der Waals surface area contributed by atoms with E-state index in [2.05, 4.69) is 25.7 Å². The Morgan fingerprint density at radius 3 is 2.53 bits per heavy atom. The Labute approximate surface area is 224 Å². The van der Waals surface area contributed by atoms with E-state index in [1.54, 1.807) is 27.7 Å². The fourth-order valence-corrected chi connectivity index (χ4v) is 4.14. The van der Waals surface area contributed by atoms with Crippen molar-refractivity contribution in [3.05, 3.63) is 63.7 Å². The first-order valence-corrected chi connectivity index (χ1v) is 11.9. The van der Waals surface area contributed by atoms with Gasteiger partial charge in [-0.05, 0) is 52.0 Å². The van der Waals surface area contributed by atoms with Crippen molar-refractivity contribution in [3.8, 4) is 0 Å². The molecule has 3 aromatic rings. The number of rotatable bonds is 4. The number of fused-ring (bicyclic) bond motifs is 1. The Kier molecular flexibility index (Phi) is 7.19. The molecule has 1 unspecified atom stereocenters. The van der Waals surface area contributed by atoms with Crippen LogP contribution in [0.25, 0.3) is 0 Å². The molecule has 0 radical (unpaired) electrons. The van der Waals surface area contributed by atoms with E-state index in [4.69, 9.17) is 27.9 Å². The fraction of sp³-hybridized carbons (Fsp3) is 0.348. The number of amidine groups is 1. The molecule has 1 atom stereocenters. The quantitative estimate of drug-likeness (QED) is 0.436. The lowest BCUT2D eigenvalue weighted by Gasteiger charge is -2.33. The number of hydrogen-bond donors (Lipinski definition) is 2. The van der Waals surface area contributed by atoms with Crippen molar-refractivity contribution in [2.45, 2.75) is 51.9 Å². The number of alkyl carbamates (subject to hydrolysis) is 1. The summed E-state index contributed by atoms with van der Waals surface area (Å²) < 4.78 is 47.9. The van der Waals surface area contributed by atoms with Crippen LogP contribution >= 0.6 is 23.2 Å². The number of nitrogens with one attached hydrogen (secondary N) is 2. The molecule has 1 aliphatic rings. The predicted octanol–water partition coefficient (Wildman–Crippen LogP) is 5.37. The van der Waals surface area contributed by atoms with Crippen LogP contribution in [0.1, 0.15) is 56.1 Å². The van der Waals surface area contributed by atoms with E-state index in [1.165, 1.54) is 16.7 Å². The molecule has 0 aliphatic carbocycles. The van der Waals surface area contributed by atoms with E-state index in [1.807, 2.05) is 0 Å². The lowest BCUT2D eigenvalue weighted by atomic mass is 9.90. The van der Waals surface area contributed by atoms with Gasteiger partial charge in [0.15, 0.2) is 22.5 Å². The number of carbonyl (C=O) groups excluding carboxylic acids is 2. The summed E-state index contributed by atoms with van der Waals surface area (Å²) in [5.41, 5.74) is -2.25. The highest BCUT2D eigenvalue weighted by Gasteiger charge is 2.38. The highest BCUT2D eigenvalue weighted by Crippen LogP contribution is 2.38. The third-order valence-corrected chi connectivity index (χ3v) is 6.11. The molecule has 10 nitrogen and oxygen atoms in total. The van der Waals surface area contributed by atoms with Crippen molar-refractivity contribution in [1.82, 2.24) is 24.6 Å². The molecular formula is C23H22Cl2F3N7O3. The third-order valence-electron chi connectivity index (χ3n) is 5.37. The molecule has 2 aromatic heterocycles. The molecule has 0 saturated heterocycles. The number of ether oxygens (including phenoxy) is 1. The van der Waals surface area contributed by atoms with Crippen molar-refractivity contribution in [1.29, 1.82) is 0 Å². The Hall–Kier alpha value is -3.58. The smallest absolute Gasteiger partial charge is 0.413 e. The number of carbonyl (C=O) groups is 2. The van der Waals surface area contributed by atoms with Gasteiger partial charge in [-0.2, -0.15) is 13.9 Å². The Morgan fingerprint density at radius 1 is 1.18 bits per heavy atom. The van der Waals surface area contributed by atoms with Gasteiger partial charge in [0, 0.05) is 17.4 Å². The van der Waals surface area contributed by atoms with Gasteiger partial charge in [-0.1, -0.05) is 23.2 Å². The van der Waals surface area contributed by atoms with Gasteiger partial charge in [0.1, 0.15) is 22.1 Å². The zero-order chi connectivity index (χ0) is 28.0. The van der Waals surface area contributed by atoms with Crippen molar-refractivity contribution < 1.29 is 27.5 Å². The summed E-state index contributed by atoms with van der Waals surface area (Å²) in [5.74, 6) is -1.37. The molecule has 38 heavy (non-hydrogen) atoms. The highest BCUT2D eigenvalue weighted by molar-refractivity contribution is 6.41. The molecule has 15 heteroatoms. The molecule has 202 valence electrons. The molecule has 4 rings (SSSR count). The summed E-state index contributed by atoms with van der Waals surface area (Å²) >= 11 is 12.5. The number of imidazole rings is 1. The van der Waals surface area contributed by atoms with Crippen molar-refractivity contribution in [3.63, 3.8) is 0 Å². The van der Waals surface area contributed by atoms with Crippen LogP contribution in [0, 0.1) is 5.82 Å². The number of amides is 2. The fourth-order valence-electron chi connectivity index (χ4n) is 3.78. The van der Waals surface area contributed by atoms with Crippen LogP contribution in [0.15, 0.2) is 35.5 Å². The van der Waals surface area contributed by atoms with Crippen LogP contribution in [-0.4, -0.2) is 42.8 Å². The normalized spacial score (nSPS) is 17.2. The van der Waals surface area contributed by atoms with Gasteiger partial charge in [0.05, 0.1) is 6.54 Å². The molecular weight excluding hydrogens is 550 g/mol. The van der Waals surface area contributed by atoms with Crippen LogP contribution in [-0.2, 0) is 16.8 Å². The number of halogens is 5. The predicted molar refractivity (Wildman–Crippen MR) is 133 cm³/mol. The van der Waals surface area contributed by atoms with E-state index >= 15 is 4.39 Å². The molecule has 0 bridgehead atoms. The maximum atomic E-state index is 15.2. The monoisotopic (exact) mass is 571 g/mol. The average molecular weight is 572 g/mol. The van der Waals surface area contributed by atoms with Crippen LogP contribution in [0.4, 0.5) is 23.7 Å². The second-order valence-electron chi connectivity index (χ2n) is 9.57. The minimum absolute atomic E-state index is 0.0203. The minimum atomic E-state index is -2.91. The second kappa shape index (κ2) is 9.95.